The Bertz CT molecular complexity index is 760. The smallest absolute Gasteiger partial charge is 0.287 e. The number of carbonyl (C=O) groups is 2. The standard InChI is InChI=1S/C19H26N4O2/c1-3-14(2)20-18(24)17-21-16(15-10-6-9-13-23(15)17)19(25)22-11-7-4-5-8-12-22/h6,9-10,13-14H,3-5,7-8,11-12H2,1-2H3,(H,20,24). The van der Waals surface area contributed by atoms with Crippen LogP contribution in [0.2, 0.25) is 0 Å². The Balaban J connectivity index is 1.95. The van der Waals surface area contributed by atoms with E-state index in [0.717, 1.165) is 45.2 Å². The summed E-state index contributed by atoms with van der Waals surface area (Å²) in [5, 5.41) is 2.93. The predicted molar refractivity (Wildman–Crippen MR) is 96.8 cm³/mol. The summed E-state index contributed by atoms with van der Waals surface area (Å²) >= 11 is 0. The summed E-state index contributed by atoms with van der Waals surface area (Å²) in [7, 11) is 0. The molecule has 1 atom stereocenters. The van der Waals surface area contributed by atoms with Crippen LogP contribution < -0.4 is 5.32 Å². The zero-order chi connectivity index (χ0) is 17.8. The Hall–Kier alpha value is -2.37. The van der Waals surface area contributed by atoms with E-state index in [-0.39, 0.29) is 23.7 Å². The molecule has 0 radical (unpaired) electrons. The van der Waals surface area contributed by atoms with Gasteiger partial charge in [-0.05, 0) is 38.3 Å². The van der Waals surface area contributed by atoms with Gasteiger partial charge in [-0.2, -0.15) is 0 Å². The van der Waals surface area contributed by atoms with Crippen molar-refractivity contribution in [1.82, 2.24) is 19.6 Å². The zero-order valence-corrected chi connectivity index (χ0v) is 15.0. The highest BCUT2D eigenvalue weighted by Gasteiger charge is 2.25. The molecule has 0 spiro atoms. The van der Waals surface area contributed by atoms with Crippen molar-refractivity contribution in [2.45, 2.75) is 52.0 Å². The molecular weight excluding hydrogens is 316 g/mol. The van der Waals surface area contributed by atoms with Crippen LogP contribution in [0.25, 0.3) is 5.52 Å². The SMILES string of the molecule is CCC(C)NC(=O)c1nc(C(=O)N2CCCCCC2)c2ccccn12. The molecule has 1 aliphatic heterocycles. The number of carbonyl (C=O) groups excluding carboxylic acids is 2. The second-order valence-electron chi connectivity index (χ2n) is 6.73. The van der Waals surface area contributed by atoms with E-state index in [2.05, 4.69) is 10.3 Å². The maximum Gasteiger partial charge on any atom is 0.287 e. The second kappa shape index (κ2) is 7.68. The molecule has 134 valence electrons. The summed E-state index contributed by atoms with van der Waals surface area (Å²) in [5.74, 6) is -0.0484. The number of imidazole rings is 1. The maximum atomic E-state index is 13.0. The normalized spacial score (nSPS) is 16.5. The third-order valence-electron chi connectivity index (χ3n) is 4.84. The first-order valence-electron chi connectivity index (χ1n) is 9.19. The minimum absolute atomic E-state index is 0.0633. The molecule has 0 aromatic carbocycles. The van der Waals surface area contributed by atoms with Crippen molar-refractivity contribution in [3.63, 3.8) is 0 Å². The van der Waals surface area contributed by atoms with Crippen molar-refractivity contribution in [3.8, 4) is 0 Å². The van der Waals surface area contributed by atoms with Gasteiger partial charge in [0.1, 0.15) is 0 Å². The lowest BCUT2D eigenvalue weighted by Gasteiger charge is -2.19. The topological polar surface area (TPSA) is 66.7 Å². The fourth-order valence-corrected chi connectivity index (χ4v) is 3.17. The largest absolute Gasteiger partial charge is 0.347 e. The average Bonchev–Trinajstić information content (AvgIpc) is 2.80. The number of pyridine rings is 1. The molecule has 25 heavy (non-hydrogen) atoms. The van der Waals surface area contributed by atoms with Crippen LogP contribution in [-0.4, -0.2) is 45.2 Å². The summed E-state index contributed by atoms with van der Waals surface area (Å²) in [4.78, 5) is 31.9. The molecule has 1 saturated heterocycles. The van der Waals surface area contributed by atoms with Gasteiger partial charge < -0.3 is 10.2 Å². The third-order valence-corrected chi connectivity index (χ3v) is 4.84. The van der Waals surface area contributed by atoms with Crippen molar-refractivity contribution < 1.29 is 9.59 Å². The minimum Gasteiger partial charge on any atom is -0.347 e. The van der Waals surface area contributed by atoms with Crippen molar-refractivity contribution in [2.24, 2.45) is 0 Å². The molecule has 1 fully saturated rings. The van der Waals surface area contributed by atoms with E-state index in [9.17, 15) is 9.59 Å². The molecule has 6 nitrogen and oxygen atoms in total. The van der Waals surface area contributed by atoms with Gasteiger partial charge in [0.15, 0.2) is 5.69 Å². The first-order valence-corrected chi connectivity index (χ1v) is 9.19. The summed E-state index contributed by atoms with van der Waals surface area (Å²) in [6.07, 6.45) is 7.01. The molecule has 1 unspecified atom stereocenters. The van der Waals surface area contributed by atoms with Crippen LogP contribution in [-0.2, 0) is 0 Å². The van der Waals surface area contributed by atoms with Crippen molar-refractivity contribution in [3.05, 3.63) is 35.9 Å². The van der Waals surface area contributed by atoms with E-state index in [1.54, 1.807) is 10.6 Å². The van der Waals surface area contributed by atoms with Gasteiger partial charge in [-0.3, -0.25) is 14.0 Å². The van der Waals surface area contributed by atoms with E-state index in [0.29, 0.717) is 11.2 Å². The number of nitrogens with zero attached hydrogens (tertiary/aromatic N) is 3. The number of aromatic nitrogens is 2. The Labute approximate surface area is 148 Å². The molecule has 6 heteroatoms. The fraction of sp³-hybridized carbons (Fsp3) is 0.526. The lowest BCUT2D eigenvalue weighted by molar-refractivity contribution is 0.0758. The van der Waals surface area contributed by atoms with Gasteiger partial charge in [0.05, 0.1) is 5.52 Å². The highest BCUT2D eigenvalue weighted by atomic mass is 16.2. The summed E-state index contributed by atoms with van der Waals surface area (Å²) in [5.41, 5.74) is 1.06. The summed E-state index contributed by atoms with van der Waals surface area (Å²) in [6, 6.07) is 5.62. The Kier molecular flexibility index (Phi) is 5.36. The number of nitrogens with one attached hydrogen (secondary N) is 1. The van der Waals surface area contributed by atoms with Crippen LogP contribution >= 0.6 is 0 Å². The molecule has 0 bridgehead atoms. The number of likely N-dealkylation sites (tertiary alicyclic amines) is 1. The van der Waals surface area contributed by atoms with Crippen LogP contribution in [0.1, 0.15) is 67.1 Å². The van der Waals surface area contributed by atoms with Gasteiger partial charge in [-0.25, -0.2) is 4.98 Å². The number of hydrogen-bond acceptors (Lipinski definition) is 3. The number of fused-ring (bicyclic) bond motifs is 1. The predicted octanol–water partition coefficient (Wildman–Crippen LogP) is 2.88. The molecule has 0 saturated carbocycles. The maximum absolute atomic E-state index is 13.0. The number of rotatable bonds is 4. The molecule has 3 heterocycles. The van der Waals surface area contributed by atoms with Gasteiger partial charge in [0.25, 0.3) is 11.8 Å². The Morgan fingerprint density at radius 1 is 1.20 bits per heavy atom. The van der Waals surface area contributed by atoms with Crippen LogP contribution in [0.15, 0.2) is 24.4 Å². The lowest BCUT2D eigenvalue weighted by Crippen LogP contribution is -2.34. The quantitative estimate of drug-likeness (QED) is 0.929. The monoisotopic (exact) mass is 342 g/mol. The first-order chi connectivity index (χ1) is 12.1. The first kappa shape index (κ1) is 17.5. The van der Waals surface area contributed by atoms with Crippen LogP contribution in [0, 0.1) is 0 Å². The molecule has 2 amide bonds. The second-order valence-corrected chi connectivity index (χ2v) is 6.73. The minimum atomic E-state index is -0.245. The van der Waals surface area contributed by atoms with Crippen molar-refractivity contribution in [1.29, 1.82) is 0 Å². The van der Waals surface area contributed by atoms with E-state index in [1.165, 1.54) is 0 Å². The highest BCUT2D eigenvalue weighted by Crippen LogP contribution is 2.18. The molecular formula is C19H26N4O2. The Morgan fingerprint density at radius 2 is 1.92 bits per heavy atom. The van der Waals surface area contributed by atoms with Crippen LogP contribution in [0.4, 0.5) is 0 Å². The molecule has 2 aromatic rings. The van der Waals surface area contributed by atoms with E-state index < -0.39 is 0 Å². The van der Waals surface area contributed by atoms with Crippen LogP contribution in [0.3, 0.4) is 0 Å². The highest BCUT2D eigenvalue weighted by molar-refractivity contribution is 6.02. The lowest BCUT2D eigenvalue weighted by atomic mass is 10.2. The number of hydrogen-bond donors (Lipinski definition) is 1. The van der Waals surface area contributed by atoms with Crippen molar-refractivity contribution in [2.75, 3.05) is 13.1 Å². The summed E-state index contributed by atoms with van der Waals surface area (Å²) < 4.78 is 1.71. The molecule has 2 aromatic heterocycles. The molecule has 3 rings (SSSR count). The Morgan fingerprint density at radius 3 is 2.60 bits per heavy atom. The molecule has 1 aliphatic rings. The van der Waals surface area contributed by atoms with Gasteiger partial charge >= 0.3 is 0 Å². The average molecular weight is 342 g/mol. The van der Waals surface area contributed by atoms with Gasteiger partial charge in [-0.15, -0.1) is 0 Å². The molecule has 1 N–H and O–H groups in total. The fourth-order valence-electron chi connectivity index (χ4n) is 3.17. The van der Waals surface area contributed by atoms with Gasteiger partial charge in [0, 0.05) is 25.3 Å². The van der Waals surface area contributed by atoms with Gasteiger partial charge in [0.2, 0.25) is 5.82 Å². The van der Waals surface area contributed by atoms with Crippen molar-refractivity contribution >= 4 is 17.3 Å². The van der Waals surface area contributed by atoms with E-state index >= 15 is 0 Å². The third kappa shape index (κ3) is 3.67. The zero-order valence-electron chi connectivity index (χ0n) is 15.0. The van der Waals surface area contributed by atoms with Crippen LogP contribution in [0.5, 0.6) is 0 Å². The van der Waals surface area contributed by atoms with E-state index in [4.69, 9.17) is 0 Å². The number of amides is 2. The summed E-state index contributed by atoms with van der Waals surface area (Å²) in [6.45, 7) is 5.50. The van der Waals surface area contributed by atoms with E-state index in [1.807, 2.05) is 36.9 Å². The molecule has 0 aliphatic carbocycles. The van der Waals surface area contributed by atoms with Gasteiger partial charge in [-0.1, -0.05) is 25.8 Å².